The second-order valence-corrected chi connectivity index (χ2v) is 7.71. The molecule has 1 aromatic carbocycles. The molecule has 3 rings (SSSR count). The third-order valence-corrected chi connectivity index (χ3v) is 5.87. The van der Waals surface area contributed by atoms with E-state index in [1.807, 2.05) is 4.72 Å². The van der Waals surface area contributed by atoms with Gasteiger partial charge in [-0.3, -0.25) is 4.79 Å². The van der Waals surface area contributed by atoms with Gasteiger partial charge in [-0.05, 0) is 31.4 Å². The Hall–Kier alpha value is -2.20. The number of aromatic carboxylic acids is 1. The number of carbonyl (C=O) groups is 2. The Morgan fingerprint density at radius 1 is 1.04 bits per heavy atom. The minimum atomic E-state index is -4.00. The summed E-state index contributed by atoms with van der Waals surface area (Å²) in [6.07, 6.45) is 2.29. The summed E-state index contributed by atoms with van der Waals surface area (Å²) in [4.78, 5) is 25.3. The molecule has 2 aliphatic rings. The van der Waals surface area contributed by atoms with Crippen molar-refractivity contribution in [3.63, 3.8) is 0 Å². The van der Waals surface area contributed by atoms with Crippen LogP contribution in [0.2, 0.25) is 0 Å². The van der Waals surface area contributed by atoms with Crippen LogP contribution in [0.1, 0.15) is 40.0 Å². The van der Waals surface area contributed by atoms with E-state index in [4.69, 9.17) is 5.11 Å². The highest BCUT2D eigenvalue weighted by Crippen LogP contribution is 2.29. The SMILES string of the molecule is O=C(O)c1cc(N2CCC2)c(C(=O)NS(=O)(=O)N2CCCC2)cc1F. The summed E-state index contributed by atoms with van der Waals surface area (Å²) in [5.74, 6) is -3.50. The van der Waals surface area contributed by atoms with Crippen molar-refractivity contribution in [2.24, 2.45) is 0 Å². The van der Waals surface area contributed by atoms with Crippen LogP contribution in [0, 0.1) is 5.82 Å². The number of hydrogen-bond donors (Lipinski definition) is 2. The molecule has 2 aliphatic heterocycles. The maximum Gasteiger partial charge on any atom is 0.338 e. The monoisotopic (exact) mass is 371 g/mol. The average Bonchev–Trinajstić information content (AvgIpc) is 3.01. The fraction of sp³-hybridized carbons (Fsp3) is 0.467. The molecule has 136 valence electrons. The number of hydrogen-bond acceptors (Lipinski definition) is 5. The van der Waals surface area contributed by atoms with E-state index in [0.29, 0.717) is 26.2 Å². The molecule has 1 amide bonds. The molecule has 0 aliphatic carbocycles. The highest BCUT2D eigenvalue weighted by molar-refractivity contribution is 7.87. The van der Waals surface area contributed by atoms with Gasteiger partial charge in [0.15, 0.2) is 0 Å². The number of rotatable bonds is 5. The topological polar surface area (TPSA) is 107 Å². The summed E-state index contributed by atoms with van der Waals surface area (Å²) >= 11 is 0. The van der Waals surface area contributed by atoms with Crippen LogP contribution in [0.5, 0.6) is 0 Å². The molecule has 1 aromatic rings. The highest BCUT2D eigenvalue weighted by Gasteiger charge is 2.30. The lowest BCUT2D eigenvalue weighted by Crippen LogP contribution is -2.43. The summed E-state index contributed by atoms with van der Waals surface area (Å²) < 4.78 is 41.6. The molecule has 2 heterocycles. The number of anilines is 1. The highest BCUT2D eigenvalue weighted by atomic mass is 32.2. The second kappa shape index (κ2) is 6.60. The number of nitrogens with zero attached hydrogens (tertiary/aromatic N) is 2. The van der Waals surface area contributed by atoms with Gasteiger partial charge < -0.3 is 10.0 Å². The summed E-state index contributed by atoms with van der Waals surface area (Å²) in [6.45, 7) is 1.83. The largest absolute Gasteiger partial charge is 0.478 e. The number of halogens is 1. The molecular formula is C15H18FN3O5S. The predicted molar refractivity (Wildman–Crippen MR) is 87.4 cm³/mol. The standard InChI is InChI=1S/C15H18FN3O5S/c16-12-8-11(13(18-4-3-5-18)9-10(12)15(21)22)14(20)17-25(23,24)19-6-1-2-7-19/h8-9H,1-7H2,(H,17,20)(H,21,22). The molecule has 8 nitrogen and oxygen atoms in total. The first-order valence-electron chi connectivity index (χ1n) is 7.93. The van der Waals surface area contributed by atoms with Crippen molar-refractivity contribution in [3.8, 4) is 0 Å². The molecule has 0 aromatic heterocycles. The van der Waals surface area contributed by atoms with Crippen LogP contribution in [0.4, 0.5) is 10.1 Å². The van der Waals surface area contributed by atoms with Crippen LogP contribution in [-0.4, -0.2) is 55.9 Å². The van der Waals surface area contributed by atoms with Gasteiger partial charge in [0.1, 0.15) is 5.82 Å². The predicted octanol–water partition coefficient (Wildman–Crippen LogP) is 0.804. The maximum atomic E-state index is 14.0. The minimum Gasteiger partial charge on any atom is -0.478 e. The number of benzene rings is 1. The number of carboxylic acid groups (broad SMARTS) is 1. The van der Waals surface area contributed by atoms with Gasteiger partial charge in [0.05, 0.1) is 16.8 Å². The van der Waals surface area contributed by atoms with Crippen LogP contribution < -0.4 is 9.62 Å². The maximum absolute atomic E-state index is 14.0. The minimum absolute atomic E-state index is 0.190. The van der Waals surface area contributed by atoms with Gasteiger partial charge in [0, 0.05) is 26.2 Å². The fourth-order valence-corrected chi connectivity index (χ4v) is 4.10. The Bertz CT molecular complexity index is 817. The molecule has 0 radical (unpaired) electrons. The molecule has 25 heavy (non-hydrogen) atoms. The number of amides is 1. The van der Waals surface area contributed by atoms with Gasteiger partial charge >= 0.3 is 16.2 Å². The van der Waals surface area contributed by atoms with Crippen molar-refractivity contribution in [1.82, 2.24) is 9.03 Å². The summed E-state index contributed by atoms with van der Waals surface area (Å²) in [7, 11) is -4.00. The van der Waals surface area contributed by atoms with Crippen molar-refractivity contribution >= 4 is 27.8 Å². The first-order valence-corrected chi connectivity index (χ1v) is 9.37. The van der Waals surface area contributed by atoms with E-state index in [-0.39, 0.29) is 11.3 Å². The Balaban J connectivity index is 1.93. The Kier molecular flexibility index (Phi) is 4.65. The van der Waals surface area contributed by atoms with Crippen molar-refractivity contribution in [1.29, 1.82) is 0 Å². The molecule has 2 saturated heterocycles. The number of carbonyl (C=O) groups excluding carboxylic acids is 1. The quantitative estimate of drug-likeness (QED) is 0.793. The van der Waals surface area contributed by atoms with E-state index in [9.17, 15) is 22.4 Å². The lowest BCUT2D eigenvalue weighted by atomic mass is 10.0. The zero-order valence-corrected chi connectivity index (χ0v) is 14.2. The summed E-state index contributed by atoms with van der Waals surface area (Å²) in [5, 5.41) is 9.06. The van der Waals surface area contributed by atoms with Crippen LogP contribution in [0.15, 0.2) is 12.1 Å². The van der Waals surface area contributed by atoms with Crippen molar-refractivity contribution in [3.05, 3.63) is 29.1 Å². The number of carboxylic acids is 1. The molecule has 2 N–H and O–H groups in total. The van der Waals surface area contributed by atoms with E-state index >= 15 is 0 Å². The van der Waals surface area contributed by atoms with Crippen molar-refractivity contribution in [2.45, 2.75) is 19.3 Å². The third-order valence-electron chi connectivity index (χ3n) is 4.38. The van der Waals surface area contributed by atoms with E-state index < -0.39 is 33.5 Å². The van der Waals surface area contributed by atoms with Gasteiger partial charge in [-0.15, -0.1) is 0 Å². The Morgan fingerprint density at radius 3 is 2.20 bits per heavy atom. The molecular weight excluding hydrogens is 353 g/mol. The van der Waals surface area contributed by atoms with Gasteiger partial charge in [-0.2, -0.15) is 12.7 Å². The third kappa shape index (κ3) is 3.45. The van der Waals surface area contributed by atoms with Crippen molar-refractivity contribution < 1.29 is 27.5 Å². The molecule has 0 bridgehead atoms. The van der Waals surface area contributed by atoms with Gasteiger partial charge in [0.25, 0.3) is 5.91 Å². The fourth-order valence-electron chi connectivity index (χ4n) is 2.89. The lowest BCUT2D eigenvalue weighted by molar-refractivity contribution is 0.0691. The normalized spacial score (nSPS) is 18.0. The molecule has 0 atom stereocenters. The molecule has 0 saturated carbocycles. The van der Waals surface area contributed by atoms with Crippen LogP contribution >= 0.6 is 0 Å². The van der Waals surface area contributed by atoms with Gasteiger partial charge in [-0.25, -0.2) is 13.9 Å². The first-order chi connectivity index (χ1) is 11.8. The lowest BCUT2D eigenvalue weighted by Gasteiger charge is -2.34. The van der Waals surface area contributed by atoms with Crippen molar-refractivity contribution in [2.75, 3.05) is 31.1 Å². The summed E-state index contributed by atoms with van der Waals surface area (Å²) in [6, 6.07) is 1.86. The second-order valence-electron chi connectivity index (χ2n) is 6.04. The van der Waals surface area contributed by atoms with E-state index in [1.54, 1.807) is 4.90 Å². The molecule has 0 unspecified atom stereocenters. The average molecular weight is 371 g/mol. The van der Waals surface area contributed by atoms with E-state index in [1.165, 1.54) is 0 Å². The number of nitrogens with one attached hydrogen (secondary N) is 1. The zero-order valence-electron chi connectivity index (χ0n) is 13.4. The van der Waals surface area contributed by atoms with Crippen LogP contribution in [-0.2, 0) is 10.2 Å². The van der Waals surface area contributed by atoms with E-state index in [0.717, 1.165) is 35.7 Å². The Labute approximate surface area is 144 Å². The molecule has 2 fully saturated rings. The van der Waals surface area contributed by atoms with Crippen LogP contribution in [0.3, 0.4) is 0 Å². The smallest absolute Gasteiger partial charge is 0.338 e. The van der Waals surface area contributed by atoms with Gasteiger partial charge in [0.2, 0.25) is 0 Å². The zero-order chi connectivity index (χ0) is 18.2. The van der Waals surface area contributed by atoms with Crippen LogP contribution in [0.25, 0.3) is 0 Å². The van der Waals surface area contributed by atoms with E-state index in [2.05, 4.69) is 0 Å². The first kappa shape index (κ1) is 17.6. The Morgan fingerprint density at radius 2 is 1.68 bits per heavy atom. The molecule has 10 heteroatoms. The van der Waals surface area contributed by atoms with Gasteiger partial charge in [-0.1, -0.05) is 0 Å². The molecule has 0 spiro atoms. The summed E-state index contributed by atoms with van der Waals surface area (Å²) in [5.41, 5.74) is -0.523.